The van der Waals surface area contributed by atoms with E-state index in [1.54, 1.807) is 18.2 Å². The summed E-state index contributed by atoms with van der Waals surface area (Å²) in [4.78, 5) is 22.0. The fraction of sp³-hybridized carbons (Fsp3) is 0.231. The molecule has 0 atom stereocenters. The molecule has 0 unspecified atom stereocenters. The molecule has 0 saturated heterocycles. The summed E-state index contributed by atoms with van der Waals surface area (Å²) in [5.41, 5.74) is 0.456. The van der Waals surface area contributed by atoms with E-state index >= 15 is 0 Å². The van der Waals surface area contributed by atoms with E-state index in [9.17, 15) is 9.59 Å². The second-order valence-electron chi connectivity index (χ2n) is 3.41. The summed E-state index contributed by atoms with van der Waals surface area (Å²) in [5.74, 6) is 0.557. The fourth-order valence-electron chi connectivity index (χ4n) is 1.26. The van der Waals surface area contributed by atoms with E-state index in [-0.39, 0.29) is 12.5 Å². The number of carbonyl (C=O) groups is 2. The van der Waals surface area contributed by atoms with E-state index < -0.39 is 0 Å². The third-order valence-corrected chi connectivity index (χ3v) is 2.13. The van der Waals surface area contributed by atoms with E-state index in [1.165, 1.54) is 13.2 Å². The number of hydrogen-bond donors (Lipinski definition) is 1. The molecule has 0 aliphatic rings. The Morgan fingerprint density at radius 3 is 2.83 bits per heavy atom. The molecule has 0 spiro atoms. The van der Waals surface area contributed by atoms with Gasteiger partial charge in [0.2, 0.25) is 0 Å². The third kappa shape index (κ3) is 3.93. The van der Waals surface area contributed by atoms with Gasteiger partial charge in [0.25, 0.3) is 5.91 Å². The second kappa shape index (κ2) is 7.11. The molecule has 5 nitrogen and oxygen atoms in total. The maximum Gasteiger partial charge on any atom is 0.258 e. The molecule has 0 bridgehead atoms. The summed E-state index contributed by atoms with van der Waals surface area (Å²) >= 11 is 0. The molecule has 18 heavy (non-hydrogen) atoms. The first kappa shape index (κ1) is 13.8. The summed E-state index contributed by atoms with van der Waals surface area (Å²) in [6.07, 6.45) is 2.27. The van der Waals surface area contributed by atoms with Gasteiger partial charge in [0.15, 0.2) is 18.1 Å². The zero-order valence-corrected chi connectivity index (χ0v) is 10.1. The lowest BCUT2D eigenvalue weighted by molar-refractivity contribution is -0.122. The van der Waals surface area contributed by atoms with Crippen LogP contribution in [0, 0.1) is 0 Å². The lowest BCUT2D eigenvalue weighted by Crippen LogP contribution is -2.28. The van der Waals surface area contributed by atoms with Gasteiger partial charge in [0, 0.05) is 12.1 Å². The van der Waals surface area contributed by atoms with Crippen molar-refractivity contribution >= 4 is 12.2 Å². The van der Waals surface area contributed by atoms with Crippen LogP contribution in [0.25, 0.3) is 0 Å². The number of hydrogen-bond acceptors (Lipinski definition) is 4. The summed E-state index contributed by atoms with van der Waals surface area (Å²) in [6, 6.07) is 4.74. The van der Waals surface area contributed by atoms with Crippen LogP contribution in [0.2, 0.25) is 0 Å². The largest absolute Gasteiger partial charge is 0.493 e. The molecular weight excluding hydrogens is 234 g/mol. The van der Waals surface area contributed by atoms with Gasteiger partial charge in [-0.25, -0.2) is 0 Å². The summed E-state index contributed by atoms with van der Waals surface area (Å²) in [6.45, 7) is 3.72. The zero-order valence-electron chi connectivity index (χ0n) is 10.1. The standard InChI is InChI=1S/C13H15NO4/c1-3-6-14-13(16)9-18-12-7-10(8-15)4-5-11(12)17-2/h3-5,7-8H,1,6,9H2,2H3,(H,14,16). The molecule has 96 valence electrons. The Morgan fingerprint density at radius 2 is 2.22 bits per heavy atom. The van der Waals surface area contributed by atoms with Gasteiger partial charge in [-0.15, -0.1) is 6.58 Å². The highest BCUT2D eigenvalue weighted by atomic mass is 16.5. The van der Waals surface area contributed by atoms with Crippen molar-refractivity contribution in [2.45, 2.75) is 0 Å². The summed E-state index contributed by atoms with van der Waals surface area (Å²) < 4.78 is 10.4. The minimum Gasteiger partial charge on any atom is -0.493 e. The smallest absolute Gasteiger partial charge is 0.258 e. The van der Waals surface area contributed by atoms with E-state index in [2.05, 4.69) is 11.9 Å². The molecule has 0 aromatic heterocycles. The van der Waals surface area contributed by atoms with Crippen molar-refractivity contribution in [2.24, 2.45) is 0 Å². The predicted octanol–water partition coefficient (Wildman–Crippen LogP) is 1.19. The van der Waals surface area contributed by atoms with Gasteiger partial charge in [-0.1, -0.05) is 6.08 Å². The maximum atomic E-state index is 11.3. The number of methoxy groups -OCH3 is 1. The van der Waals surface area contributed by atoms with Crippen LogP contribution in [-0.4, -0.2) is 32.5 Å². The van der Waals surface area contributed by atoms with Crippen molar-refractivity contribution in [3.8, 4) is 11.5 Å². The number of amides is 1. The molecule has 0 aliphatic carbocycles. The first-order chi connectivity index (χ1) is 8.71. The van der Waals surface area contributed by atoms with Crippen LogP contribution in [-0.2, 0) is 4.79 Å². The Bertz CT molecular complexity index is 443. The van der Waals surface area contributed by atoms with Crippen LogP contribution < -0.4 is 14.8 Å². The number of nitrogens with one attached hydrogen (secondary N) is 1. The van der Waals surface area contributed by atoms with Gasteiger partial charge in [-0.2, -0.15) is 0 Å². The molecule has 1 aromatic rings. The molecule has 1 N–H and O–H groups in total. The Hall–Kier alpha value is -2.30. The molecule has 0 heterocycles. The van der Waals surface area contributed by atoms with Crippen LogP contribution >= 0.6 is 0 Å². The second-order valence-corrected chi connectivity index (χ2v) is 3.41. The van der Waals surface area contributed by atoms with Crippen molar-refractivity contribution in [2.75, 3.05) is 20.3 Å². The third-order valence-electron chi connectivity index (χ3n) is 2.13. The van der Waals surface area contributed by atoms with Gasteiger partial charge in [0.05, 0.1) is 7.11 Å². The van der Waals surface area contributed by atoms with Crippen LogP contribution in [0.15, 0.2) is 30.9 Å². The maximum absolute atomic E-state index is 11.3. The van der Waals surface area contributed by atoms with E-state index in [0.717, 1.165) is 0 Å². The highest BCUT2D eigenvalue weighted by Gasteiger charge is 2.08. The highest BCUT2D eigenvalue weighted by molar-refractivity contribution is 5.78. The Balaban J connectivity index is 2.67. The van der Waals surface area contributed by atoms with Crippen molar-refractivity contribution in [3.63, 3.8) is 0 Å². The van der Waals surface area contributed by atoms with Gasteiger partial charge in [-0.3, -0.25) is 9.59 Å². The Labute approximate surface area is 105 Å². The van der Waals surface area contributed by atoms with Crippen LogP contribution in [0.1, 0.15) is 10.4 Å². The first-order valence-corrected chi connectivity index (χ1v) is 5.35. The van der Waals surface area contributed by atoms with Gasteiger partial charge in [-0.05, 0) is 18.2 Å². The van der Waals surface area contributed by atoms with Crippen LogP contribution in [0.5, 0.6) is 11.5 Å². The molecule has 1 aromatic carbocycles. The Morgan fingerprint density at radius 1 is 1.44 bits per heavy atom. The van der Waals surface area contributed by atoms with E-state index in [1.807, 2.05) is 0 Å². The molecule has 0 aliphatic heterocycles. The number of rotatable bonds is 7. The van der Waals surface area contributed by atoms with Crippen molar-refractivity contribution in [3.05, 3.63) is 36.4 Å². The number of aldehydes is 1. The normalized spacial score (nSPS) is 9.39. The zero-order chi connectivity index (χ0) is 13.4. The molecular formula is C13H15NO4. The lowest BCUT2D eigenvalue weighted by Gasteiger charge is -2.10. The van der Waals surface area contributed by atoms with E-state index in [4.69, 9.17) is 9.47 Å². The molecule has 0 saturated carbocycles. The summed E-state index contributed by atoms with van der Waals surface area (Å²) in [5, 5.41) is 2.58. The number of benzene rings is 1. The average Bonchev–Trinajstić information content (AvgIpc) is 2.42. The number of ether oxygens (including phenoxy) is 2. The van der Waals surface area contributed by atoms with Gasteiger partial charge in [0.1, 0.15) is 6.29 Å². The SMILES string of the molecule is C=CCNC(=O)COc1cc(C=O)ccc1OC. The highest BCUT2D eigenvalue weighted by Crippen LogP contribution is 2.27. The molecule has 0 fully saturated rings. The topological polar surface area (TPSA) is 64.6 Å². The van der Waals surface area contributed by atoms with Crippen LogP contribution in [0.3, 0.4) is 0 Å². The summed E-state index contributed by atoms with van der Waals surface area (Å²) in [7, 11) is 1.49. The Kier molecular flexibility index (Phi) is 5.44. The predicted molar refractivity (Wildman–Crippen MR) is 67.1 cm³/mol. The van der Waals surface area contributed by atoms with Crippen LogP contribution in [0.4, 0.5) is 0 Å². The fourth-order valence-corrected chi connectivity index (χ4v) is 1.26. The van der Waals surface area contributed by atoms with E-state index in [0.29, 0.717) is 29.9 Å². The molecule has 5 heteroatoms. The van der Waals surface area contributed by atoms with Gasteiger partial charge < -0.3 is 14.8 Å². The van der Waals surface area contributed by atoms with Crippen molar-refractivity contribution in [1.29, 1.82) is 0 Å². The van der Waals surface area contributed by atoms with Crippen molar-refractivity contribution < 1.29 is 19.1 Å². The lowest BCUT2D eigenvalue weighted by atomic mass is 10.2. The average molecular weight is 249 g/mol. The quantitative estimate of drug-likeness (QED) is 0.582. The molecule has 1 amide bonds. The molecule has 1 rings (SSSR count). The van der Waals surface area contributed by atoms with Gasteiger partial charge >= 0.3 is 0 Å². The van der Waals surface area contributed by atoms with Crippen molar-refractivity contribution in [1.82, 2.24) is 5.32 Å². The number of carbonyl (C=O) groups excluding carboxylic acids is 2. The monoisotopic (exact) mass is 249 g/mol. The molecule has 0 radical (unpaired) electrons. The minimum absolute atomic E-state index is 0.146. The first-order valence-electron chi connectivity index (χ1n) is 5.35. The minimum atomic E-state index is -0.270.